The van der Waals surface area contributed by atoms with Gasteiger partial charge in [0.15, 0.2) is 0 Å². The maximum Gasteiger partial charge on any atom is 0.407 e. The molecule has 1 amide bonds. The molecule has 1 aliphatic rings. The van der Waals surface area contributed by atoms with E-state index in [1.807, 2.05) is 0 Å². The van der Waals surface area contributed by atoms with Gasteiger partial charge in [0.2, 0.25) is 0 Å². The van der Waals surface area contributed by atoms with Gasteiger partial charge < -0.3 is 15.8 Å². The Morgan fingerprint density at radius 1 is 1.60 bits per heavy atom. The van der Waals surface area contributed by atoms with Gasteiger partial charge in [-0.1, -0.05) is 6.08 Å². The fourth-order valence-electron chi connectivity index (χ4n) is 1.86. The standard InChI is InChI=1S/C13H21N3O4/c1-8(15-12(17)20-13(2,3)4)9-5-6-10(14)11(7-9)16(18)19/h5-6,8-9H,7,14H2,1-4H3,(H,15,17). The van der Waals surface area contributed by atoms with Gasteiger partial charge in [-0.3, -0.25) is 10.1 Å². The van der Waals surface area contributed by atoms with Crippen LogP contribution in [-0.2, 0) is 4.74 Å². The van der Waals surface area contributed by atoms with Gasteiger partial charge in [-0.05, 0) is 33.8 Å². The average molecular weight is 283 g/mol. The number of alkyl carbamates (subject to hydrolysis) is 1. The molecule has 0 aromatic heterocycles. The van der Waals surface area contributed by atoms with Crippen LogP contribution in [0.4, 0.5) is 4.79 Å². The lowest BCUT2D eigenvalue weighted by molar-refractivity contribution is -0.430. The van der Waals surface area contributed by atoms with Crippen LogP contribution < -0.4 is 11.1 Å². The van der Waals surface area contributed by atoms with E-state index in [2.05, 4.69) is 5.32 Å². The first-order valence-corrected chi connectivity index (χ1v) is 6.41. The number of nitrogens with zero attached hydrogens (tertiary/aromatic N) is 1. The summed E-state index contributed by atoms with van der Waals surface area (Å²) in [6.07, 6.45) is 2.93. The molecule has 1 rings (SSSR count). The second kappa shape index (κ2) is 5.94. The van der Waals surface area contributed by atoms with Gasteiger partial charge in [-0.2, -0.15) is 0 Å². The molecule has 0 aromatic carbocycles. The summed E-state index contributed by atoms with van der Waals surface area (Å²) in [5, 5.41) is 13.5. The molecule has 7 nitrogen and oxygen atoms in total. The van der Waals surface area contributed by atoms with Crippen LogP contribution >= 0.6 is 0 Å². The summed E-state index contributed by atoms with van der Waals surface area (Å²) in [7, 11) is 0. The molecule has 0 saturated carbocycles. The first-order chi connectivity index (χ1) is 9.10. The molecular weight excluding hydrogens is 262 g/mol. The molecule has 7 heteroatoms. The van der Waals surface area contributed by atoms with Crippen molar-refractivity contribution >= 4 is 6.09 Å². The summed E-state index contributed by atoms with van der Waals surface area (Å²) < 4.78 is 5.15. The van der Waals surface area contributed by atoms with E-state index in [9.17, 15) is 14.9 Å². The molecule has 2 unspecified atom stereocenters. The third-order valence-electron chi connectivity index (χ3n) is 2.89. The number of nitro groups is 1. The van der Waals surface area contributed by atoms with Crippen molar-refractivity contribution in [1.29, 1.82) is 0 Å². The van der Waals surface area contributed by atoms with Crippen LogP contribution in [0.25, 0.3) is 0 Å². The molecule has 20 heavy (non-hydrogen) atoms. The monoisotopic (exact) mass is 283 g/mol. The van der Waals surface area contributed by atoms with Crippen molar-refractivity contribution in [1.82, 2.24) is 5.32 Å². The smallest absolute Gasteiger partial charge is 0.407 e. The Labute approximate surface area is 118 Å². The Morgan fingerprint density at radius 2 is 2.20 bits per heavy atom. The minimum Gasteiger partial charge on any atom is -0.444 e. The minimum atomic E-state index is -0.581. The van der Waals surface area contributed by atoms with Crippen molar-refractivity contribution < 1.29 is 14.5 Å². The summed E-state index contributed by atoms with van der Waals surface area (Å²) in [6.45, 7) is 7.09. The van der Waals surface area contributed by atoms with Gasteiger partial charge in [0.05, 0.1) is 4.92 Å². The number of ether oxygens (including phenoxy) is 1. The second-order valence-corrected chi connectivity index (χ2v) is 5.82. The van der Waals surface area contributed by atoms with Crippen LogP contribution in [0.2, 0.25) is 0 Å². The van der Waals surface area contributed by atoms with E-state index < -0.39 is 16.6 Å². The zero-order chi connectivity index (χ0) is 15.5. The zero-order valence-corrected chi connectivity index (χ0v) is 12.2. The Balaban J connectivity index is 2.63. The molecule has 0 saturated heterocycles. The summed E-state index contributed by atoms with van der Waals surface area (Å²) >= 11 is 0. The average Bonchev–Trinajstić information content (AvgIpc) is 2.26. The Hall–Kier alpha value is -2.05. The second-order valence-electron chi connectivity index (χ2n) is 5.82. The molecule has 0 aromatic rings. The summed E-state index contributed by atoms with van der Waals surface area (Å²) in [4.78, 5) is 22.0. The van der Waals surface area contributed by atoms with E-state index in [0.717, 1.165) is 0 Å². The number of carbonyl (C=O) groups is 1. The lowest BCUT2D eigenvalue weighted by Gasteiger charge is -2.26. The number of amides is 1. The molecule has 112 valence electrons. The third kappa shape index (κ3) is 4.56. The number of nitrogens with one attached hydrogen (secondary N) is 1. The Kier molecular flexibility index (Phi) is 4.75. The minimum absolute atomic E-state index is 0.0182. The van der Waals surface area contributed by atoms with Crippen LogP contribution in [0, 0.1) is 16.0 Å². The highest BCUT2D eigenvalue weighted by Crippen LogP contribution is 2.24. The van der Waals surface area contributed by atoms with E-state index in [4.69, 9.17) is 10.5 Å². The number of nitrogens with two attached hydrogens (primary N) is 1. The lowest BCUT2D eigenvalue weighted by Crippen LogP contribution is -2.41. The van der Waals surface area contributed by atoms with Crippen molar-refractivity contribution in [3.05, 3.63) is 33.7 Å². The predicted octanol–water partition coefficient (Wildman–Crippen LogP) is 1.92. The van der Waals surface area contributed by atoms with Crippen molar-refractivity contribution in [3.8, 4) is 0 Å². The van der Waals surface area contributed by atoms with Gasteiger partial charge in [0.25, 0.3) is 5.70 Å². The van der Waals surface area contributed by atoms with Crippen molar-refractivity contribution in [2.24, 2.45) is 11.7 Å². The van der Waals surface area contributed by atoms with Crippen LogP contribution in [0.5, 0.6) is 0 Å². The van der Waals surface area contributed by atoms with Gasteiger partial charge in [-0.25, -0.2) is 4.79 Å². The summed E-state index contributed by atoms with van der Waals surface area (Å²) in [5.74, 6) is -0.185. The summed E-state index contributed by atoms with van der Waals surface area (Å²) in [6, 6.07) is -0.288. The van der Waals surface area contributed by atoms with Crippen LogP contribution in [0.15, 0.2) is 23.5 Å². The molecule has 2 atom stereocenters. The number of carbonyl (C=O) groups excluding carboxylic acids is 1. The first-order valence-electron chi connectivity index (χ1n) is 6.41. The van der Waals surface area contributed by atoms with Crippen molar-refractivity contribution in [3.63, 3.8) is 0 Å². The molecular formula is C13H21N3O4. The van der Waals surface area contributed by atoms with E-state index >= 15 is 0 Å². The molecule has 1 aliphatic carbocycles. The fourth-order valence-corrected chi connectivity index (χ4v) is 1.86. The first kappa shape index (κ1) is 16.0. The van der Waals surface area contributed by atoms with E-state index in [0.29, 0.717) is 0 Å². The zero-order valence-electron chi connectivity index (χ0n) is 12.2. The summed E-state index contributed by atoms with van der Waals surface area (Å²) in [5.41, 5.74) is 5.13. The van der Waals surface area contributed by atoms with Crippen LogP contribution in [0.1, 0.15) is 34.1 Å². The number of rotatable bonds is 3. The molecule has 0 aliphatic heterocycles. The molecule has 0 radical (unpaired) electrons. The van der Waals surface area contributed by atoms with Crippen molar-refractivity contribution in [2.75, 3.05) is 0 Å². The van der Waals surface area contributed by atoms with E-state index in [1.54, 1.807) is 33.8 Å². The van der Waals surface area contributed by atoms with E-state index in [-0.39, 0.29) is 29.8 Å². The van der Waals surface area contributed by atoms with Gasteiger partial charge in [0.1, 0.15) is 11.3 Å². The maximum absolute atomic E-state index is 11.7. The fraction of sp³-hybridized carbons (Fsp3) is 0.615. The number of hydrogen-bond donors (Lipinski definition) is 2. The maximum atomic E-state index is 11.7. The Bertz CT molecular complexity index is 463. The predicted molar refractivity (Wildman–Crippen MR) is 74.3 cm³/mol. The highest BCUT2D eigenvalue weighted by Gasteiger charge is 2.29. The highest BCUT2D eigenvalue weighted by molar-refractivity contribution is 5.68. The topological polar surface area (TPSA) is 107 Å². The number of allylic oxidation sites excluding steroid dienone is 2. The van der Waals surface area contributed by atoms with Crippen molar-refractivity contribution in [2.45, 2.75) is 45.8 Å². The van der Waals surface area contributed by atoms with E-state index in [1.165, 1.54) is 6.08 Å². The van der Waals surface area contributed by atoms with Gasteiger partial charge >= 0.3 is 6.09 Å². The Morgan fingerprint density at radius 3 is 2.70 bits per heavy atom. The van der Waals surface area contributed by atoms with Crippen LogP contribution in [0.3, 0.4) is 0 Å². The molecule has 3 N–H and O–H groups in total. The number of hydrogen-bond acceptors (Lipinski definition) is 5. The highest BCUT2D eigenvalue weighted by atomic mass is 16.6. The molecule has 0 spiro atoms. The van der Waals surface area contributed by atoms with Crippen LogP contribution in [-0.4, -0.2) is 22.7 Å². The SMILES string of the molecule is CC(NC(=O)OC(C)(C)C)C1C=CC(N)=C([N+](=O)[O-])C1. The normalized spacial score (nSPS) is 20.5. The quantitative estimate of drug-likeness (QED) is 0.607. The lowest BCUT2D eigenvalue weighted by atomic mass is 9.91. The van der Waals surface area contributed by atoms with Gasteiger partial charge in [0, 0.05) is 18.4 Å². The molecule has 0 fully saturated rings. The largest absolute Gasteiger partial charge is 0.444 e. The van der Waals surface area contributed by atoms with Gasteiger partial charge in [-0.15, -0.1) is 0 Å². The molecule has 0 heterocycles. The molecule has 0 bridgehead atoms. The third-order valence-corrected chi connectivity index (χ3v) is 2.89.